The van der Waals surface area contributed by atoms with Crippen molar-refractivity contribution in [3.8, 4) is 0 Å². The quantitative estimate of drug-likeness (QED) is 0.851. The van der Waals surface area contributed by atoms with E-state index in [4.69, 9.17) is 0 Å². The van der Waals surface area contributed by atoms with Gasteiger partial charge in [0.15, 0.2) is 0 Å². The van der Waals surface area contributed by atoms with Crippen molar-refractivity contribution < 1.29 is 5.11 Å². The van der Waals surface area contributed by atoms with E-state index in [-0.39, 0.29) is 6.10 Å². The number of aryl methyl sites for hydroxylation is 1. The number of hydrogen-bond acceptors (Lipinski definition) is 4. The van der Waals surface area contributed by atoms with Gasteiger partial charge in [-0.1, -0.05) is 6.92 Å². The van der Waals surface area contributed by atoms with Crippen LogP contribution in [-0.2, 0) is 13.0 Å². The van der Waals surface area contributed by atoms with E-state index in [1.807, 2.05) is 17.5 Å². The van der Waals surface area contributed by atoms with Crippen LogP contribution in [0.5, 0.6) is 0 Å². The molecule has 0 saturated carbocycles. The van der Waals surface area contributed by atoms with E-state index in [0.29, 0.717) is 0 Å². The monoisotopic (exact) mass is 226 g/mol. The number of aliphatic hydroxyl groups excluding tert-OH is 1. The summed E-state index contributed by atoms with van der Waals surface area (Å²) < 4.78 is 0. The molecular formula is C11H18N2OS. The van der Waals surface area contributed by atoms with Crippen molar-refractivity contribution in [3.63, 3.8) is 0 Å². The summed E-state index contributed by atoms with van der Waals surface area (Å²) in [5.74, 6) is 0. The molecule has 0 radical (unpaired) electrons. The van der Waals surface area contributed by atoms with Crippen LogP contribution >= 0.6 is 11.3 Å². The van der Waals surface area contributed by atoms with Gasteiger partial charge in [-0.3, -0.25) is 4.90 Å². The fourth-order valence-corrected chi connectivity index (χ4v) is 2.79. The number of aliphatic hydroxyl groups is 1. The summed E-state index contributed by atoms with van der Waals surface area (Å²) in [6.07, 6.45) is 4.78. The Balaban J connectivity index is 1.86. The minimum atomic E-state index is -0.0751. The fourth-order valence-electron chi connectivity index (χ4n) is 1.88. The molecule has 1 aliphatic rings. The third-order valence-corrected chi connectivity index (χ3v) is 3.97. The van der Waals surface area contributed by atoms with Crippen molar-refractivity contribution in [2.24, 2.45) is 0 Å². The average molecular weight is 226 g/mol. The standard InChI is InChI=1S/C11H18N2OS/c1-2-11-12-7-10(15-11)8-13-5-3-9(14)4-6-13/h7,9,14H,2-6,8H2,1H3. The molecule has 2 heterocycles. The Hall–Kier alpha value is -0.450. The Morgan fingerprint density at radius 1 is 1.53 bits per heavy atom. The van der Waals surface area contributed by atoms with Gasteiger partial charge >= 0.3 is 0 Å². The maximum Gasteiger partial charge on any atom is 0.0925 e. The second-order valence-corrected chi connectivity index (χ2v) is 5.28. The molecule has 1 fully saturated rings. The highest BCUT2D eigenvalue weighted by Crippen LogP contribution is 2.18. The summed E-state index contributed by atoms with van der Waals surface area (Å²) in [7, 11) is 0. The molecule has 2 rings (SSSR count). The van der Waals surface area contributed by atoms with Gasteiger partial charge in [0, 0.05) is 30.7 Å². The van der Waals surface area contributed by atoms with Crippen molar-refractivity contribution >= 4 is 11.3 Å². The first-order valence-corrected chi connectivity index (χ1v) is 6.43. The highest BCUT2D eigenvalue weighted by molar-refractivity contribution is 7.11. The Morgan fingerprint density at radius 3 is 2.87 bits per heavy atom. The van der Waals surface area contributed by atoms with E-state index >= 15 is 0 Å². The summed E-state index contributed by atoms with van der Waals surface area (Å²) in [4.78, 5) is 8.11. The Morgan fingerprint density at radius 2 is 2.27 bits per heavy atom. The van der Waals surface area contributed by atoms with Gasteiger partial charge < -0.3 is 5.11 Å². The molecule has 0 bridgehead atoms. The van der Waals surface area contributed by atoms with Gasteiger partial charge in [0.2, 0.25) is 0 Å². The second-order valence-electron chi connectivity index (χ2n) is 4.08. The first-order chi connectivity index (χ1) is 7.28. The van der Waals surface area contributed by atoms with Crippen LogP contribution in [0, 0.1) is 0 Å². The lowest BCUT2D eigenvalue weighted by atomic mass is 10.1. The van der Waals surface area contributed by atoms with Crippen molar-refractivity contribution in [3.05, 3.63) is 16.1 Å². The van der Waals surface area contributed by atoms with Crippen molar-refractivity contribution in [2.75, 3.05) is 13.1 Å². The molecular weight excluding hydrogens is 208 g/mol. The van der Waals surface area contributed by atoms with E-state index in [2.05, 4.69) is 16.8 Å². The minimum Gasteiger partial charge on any atom is -0.393 e. The first kappa shape index (κ1) is 11.0. The van der Waals surface area contributed by atoms with Crippen LogP contribution in [0.2, 0.25) is 0 Å². The molecule has 0 aromatic carbocycles. The molecule has 0 aliphatic carbocycles. The molecule has 4 heteroatoms. The van der Waals surface area contributed by atoms with Gasteiger partial charge in [0.25, 0.3) is 0 Å². The molecule has 1 aliphatic heterocycles. The molecule has 0 amide bonds. The van der Waals surface area contributed by atoms with Crippen LogP contribution in [0.4, 0.5) is 0 Å². The molecule has 0 atom stereocenters. The molecule has 1 N–H and O–H groups in total. The predicted molar refractivity (Wildman–Crippen MR) is 62.0 cm³/mol. The van der Waals surface area contributed by atoms with Gasteiger partial charge in [-0.25, -0.2) is 4.98 Å². The van der Waals surface area contributed by atoms with E-state index < -0.39 is 0 Å². The van der Waals surface area contributed by atoms with E-state index in [1.54, 1.807) is 0 Å². The highest BCUT2D eigenvalue weighted by Gasteiger charge is 2.17. The molecule has 1 aromatic heterocycles. The Bertz CT molecular complexity index is 305. The summed E-state index contributed by atoms with van der Waals surface area (Å²) in [5, 5.41) is 10.6. The molecule has 3 nitrogen and oxygen atoms in total. The lowest BCUT2D eigenvalue weighted by molar-refractivity contribution is 0.0797. The number of likely N-dealkylation sites (tertiary alicyclic amines) is 1. The molecule has 0 unspecified atom stereocenters. The third kappa shape index (κ3) is 3.00. The summed E-state index contributed by atoms with van der Waals surface area (Å²) >= 11 is 1.81. The molecule has 1 aromatic rings. The van der Waals surface area contributed by atoms with Crippen molar-refractivity contribution in [1.29, 1.82) is 0 Å². The Labute approximate surface area is 94.8 Å². The van der Waals surface area contributed by atoms with Gasteiger partial charge in [-0.2, -0.15) is 0 Å². The molecule has 1 saturated heterocycles. The SMILES string of the molecule is CCc1ncc(CN2CCC(O)CC2)s1. The second kappa shape index (κ2) is 5.05. The van der Waals surface area contributed by atoms with E-state index in [1.165, 1.54) is 9.88 Å². The average Bonchev–Trinajstić information content (AvgIpc) is 2.69. The zero-order valence-electron chi connectivity index (χ0n) is 9.15. The zero-order chi connectivity index (χ0) is 10.7. The normalized spacial score (nSPS) is 19.6. The summed E-state index contributed by atoms with van der Waals surface area (Å²) in [5.41, 5.74) is 0. The lowest BCUT2D eigenvalue weighted by Gasteiger charge is -2.28. The van der Waals surface area contributed by atoms with Gasteiger partial charge in [-0.15, -0.1) is 11.3 Å². The number of aromatic nitrogens is 1. The van der Waals surface area contributed by atoms with Crippen molar-refractivity contribution in [2.45, 2.75) is 38.8 Å². The summed E-state index contributed by atoms with van der Waals surface area (Å²) in [6, 6.07) is 0. The van der Waals surface area contributed by atoms with Crippen LogP contribution in [-0.4, -0.2) is 34.2 Å². The third-order valence-electron chi connectivity index (χ3n) is 2.84. The maximum absolute atomic E-state index is 9.40. The smallest absolute Gasteiger partial charge is 0.0925 e. The number of thiazole rings is 1. The van der Waals surface area contributed by atoms with E-state index in [0.717, 1.165) is 38.9 Å². The van der Waals surface area contributed by atoms with E-state index in [9.17, 15) is 5.11 Å². The summed E-state index contributed by atoms with van der Waals surface area (Å²) in [6.45, 7) is 5.17. The Kier molecular flexibility index (Phi) is 3.72. The lowest BCUT2D eigenvalue weighted by Crippen LogP contribution is -2.35. The van der Waals surface area contributed by atoms with Crippen LogP contribution in [0.3, 0.4) is 0 Å². The predicted octanol–water partition coefficient (Wildman–Crippen LogP) is 1.66. The fraction of sp³-hybridized carbons (Fsp3) is 0.727. The zero-order valence-corrected chi connectivity index (χ0v) is 9.96. The molecule has 15 heavy (non-hydrogen) atoms. The number of rotatable bonds is 3. The number of piperidine rings is 1. The van der Waals surface area contributed by atoms with Gasteiger partial charge in [0.05, 0.1) is 11.1 Å². The van der Waals surface area contributed by atoms with Crippen LogP contribution < -0.4 is 0 Å². The highest BCUT2D eigenvalue weighted by atomic mass is 32.1. The number of hydrogen-bond donors (Lipinski definition) is 1. The topological polar surface area (TPSA) is 36.4 Å². The largest absolute Gasteiger partial charge is 0.393 e. The van der Waals surface area contributed by atoms with Gasteiger partial charge in [0.1, 0.15) is 0 Å². The van der Waals surface area contributed by atoms with Crippen LogP contribution in [0.25, 0.3) is 0 Å². The van der Waals surface area contributed by atoms with Crippen LogP contribution in [0.15, 0.2) is 6.20 Å². The first-order valence-electron chi connectivity index (χ1n) is 5.62. The van der Waals surface area contributed by atoms with Crippen molar-refractivity contribution in [1.82, 2.24) is 9.88 Å². The molecule has 84 valence electrons. The minimum absolute atomic E-state index is 0.0751. The number of nitrogens with zero attached hydrogens (tertiary/aromatic N) is 2. The van der Waals surface area contributed by atoms with Crippen LogP contribution in [0.1, 0.15) is 29.7 Å². The molecule has 0 spiro atoms. The maximum atomic E-state index is 9.40. The van der Waals surface area contributed by atoms with Gasteiger partial charge in [-0.05, 0) is 19.3 Å².